The topological polar surface area (TPSA) is 78.4 Å². The molecular weight excluding hydrogens is 256 g/mol. The smallest absolute Gasteiger partial charge is 0.326 e. The molecule has 114 valence electrons. The van der Waals surface area contributed by atoms with Gasteiger partial charge in [0.05, 0.1) is 6.04 Å². The van der Waals surface area contributed by atoms with E-state index in [1.54, 1.807) is 0 Å². The molecule has 1 amide bonds. The van der Waals surface area contributed by atoms with Gasteiger partial charge in [0.15, 0.2) is 0 Å². The molecule has 5 nitrogen and oxygen atoms in total. The summed E-state index contributed by atoms with van der Waals surface area (Å²) in [6.07, 6.45) is 5.63. The molecule has 1 saturated carbocycles. The Kier molecular flexibility index (Phi) is 4.37. The lowest BCUT2D eigenvalue weighted by molar-refractivity contribution is -0.145. The first-order valence-electron chi connectivity index (χ1n) is 7.58. The van der Waals surface area contributed by atoms with E-state index >= 15 is 0 Å². The van der Waals surface area contributed by atoms with Gasteiger partial charge in [-0.25, -0.2) is 4.79 Å². The molecule has 5 heteroatoms. The highest BCUT2D eigenvalue weighted by Crippen LogP contribution is 2.33. The lowest BCUT2D eigenvalue weighted by Gasteiger charge is -2.29. The molecule has 1 aliphatic carbocycles. The fourth-order valence-corrected chi connectivity index (χ4v) is 3.41. The van der Waals surface area contributed by atoms with Crippen molar-refractivity contribution in [2.75, 3.05) is 0 Å². The Morgan fingerprint density at radius 3 is 2.45 bits per heavy atom. The highest BCUT2D eigenvalue weighted by molar-refractivity contribution is 5.87. The summed E-state index contributed by atoms with van der Waals surface area (Å²) >= 11 is 0. The summed E-state index contributed by atoms with van der Waals surface area (Å²) in [4.78, 5) is 23.6. The number of hydrogen-bond donors (Lipinski definition) is 3. The largest absolute Gasteiger partial charge is 0.480 e. The van der Waals surface area contributed by atoms with Crippen LogP contribution in [0.1, 0.15) is 52.9 Å². The molecule has 3 unspecified atom stereocenters. The molecule has 2 rings (SSSR count). The van der Waals surface area contributed by atoms with Crippen molar-refractivity contribution < 1.29 is 14.7 Å². The van der Waals surface area contributed by atoms with Crippen molar-refractivity contribution in [2.45, 2.75) is 71.0 Å². The SMILES string of the molecule is CC(C)(C)[C@H](NC(=O)C1CC2CCCCC2N1)C(=O)O. The maximum atomic E-state index is 12.3. The summed E-state index contributed by atoms with van der Waals surface area (Å²) in [5, 5.41) is 15.4. The molecule has 1 aliphatic heterocycles. The van der Waals surface area contributed by atoms with E-state index in [9.17, 15) is 14.7 Å². The van der Waals surface area contributed by atoms with Crippen LogP contribution >= 0.6 is 0 Å². The normalized spacial score (nSPS) is 31.4. The van der Waals surface area contributed by atoms with Crippen LogP contribution in [0.4, 0.5) is 0 Å². The molecule has 3 N–H and O–H groups in total. The van der Waals surface area contributed by atoms with Crippen molar-refractivity contribution in [2.24, 2.45) is 11.3 Å². The van der Waals surface area contributed by atoms with E-state index in [1.165, 1.54) is 19.3 Å². The second-order valence-corrected chi connectivity index (χ2v) is 7.25. The van der Waals surface area contributed by atoms with Gasteiger partial charge >= 0.3 is 5.97 Å². The minimum absolute atomic E-state index is 0.165. The quantitative estimate of drug-likeness (QED) is 0.733. The second-order valence-electron chi connectivity index (χ2n) is 7.25. The molecule has 0 radical (unpaired) electrons. The van der Waals surface area contributed by atoms with Crippen molar-refractivity contribution in [1.82, 2.24) is 10.6 Å². The van der Waals surface area contributed by atoms with Gasteiger partial charge in [0, 0.05) is 6.04 Å². The summed E-state index contributed by atoms with van der Waals surface area (Å²) in [5.41, 5.74) is -0.493. The van der Waals surface area contributed by atoms with Crippen LogP contribution in [0.5, 0.6) is 0 Å². The number of rotatable bonds is 3. The molecule has 0 spiro atoms. The van der Waals surface area contributed by atoms with Crippen LogP contribution in [0.3, 0.4) is 0 Å². The van der Waals surface area contributed by atoms with Crippen LogP contribution in [0.25, 0.3) is 0 Å². The van der Waals surface area contributed by atoms with Gasteiger partial charge in [-0.3, -0.25) is 4.79 Å². The molecule has 0 bridgehead atoms. The van der Waals surface area contributed by atoms with E-state index in [4.69, 9.17) is 0 Å². The first kappa shape index (κ1) is 15.3. The zero-order valence-corrected chi connectivity index (χ0v) is 12.6. The van der Waals surface area contributed by atoms with E-state index in [1.807, 2.05) is 20.8 Å². The average molecular weight is 282 g/mol. The zero-order valence-electron chi connectivity index (χ0n) is 12.6. The molecule has 1 saturated heterocycles. The number of carbonyl (C=O) groups excluding carboxylic acids is 1. The van der Waals surface area contributed by atoms with Gasteiger partial charge < -0.3 is 15.7 Å². The van der Waals surface area contributed by atoms with E-state index in [-0.39, 0.29) is 11.9 Å². The minimum Gasteiger partial charge on any atom is -0.480 e. The first-order chi connectivity index (χ1) is 9.29. The third-order valence-electron chi connectivity index (χ3n) is 4.58. The van der Waals surface area contributed by atoms with Gasteiger partial charge in [-0.15, -0.1) is 0 Å². The lowest BCUT2D eigenvalue weighted by atomic mass is 9.84. The van der Waals surface area contributed by atoms with Crippen molar-refractivity contribution in [3.8, 4) is 0 Å². The zero-order chi connectivity index (χ0) is 14.9. The van der Waals surface area contributed by atoms with Gasteiger partial charge in [-0.1, -0.05) is 33.6 Å². The third kappa shape index (κ3) is 3.32. The first-order valence-corrected chi connectivity index (χ1v) is 7.58. The Morgan fingerprint density at radius 2 is 1.90 bits per heavy atom. The molecule has 2 aliphatic rings. The van der Waals surface area contributed by atoms with Crippen LogP contribution in [0.15, 0.2) is 0 Å². The molecule has 4 atom stereocenters. The summed E-state index contributed by atoms with van der Waals surface area (Å²) in [5.74, 6) is -0.555. The summed E-state index contributed by atoms with van der Waals surface area (Å²) in [6, 6.07) is -0.635. The van der Waals surface area contributed by atoms with Crippen LogP contribution in [0, 0.1) is 11.3 Å². The van der Waals surface area contributed by atoms with Gasteiger partial charge in [0.25, 0.3) is 0 Å². The number of carbonyl (C=O) groups is 2. The second kappa shape index (κ2) is 5.72. The van der Waals surface area contributed by atoms with Crippen LogP contribution in [0.2, 0.25) is 0 Å². The molecule has 0 aromatic carbocycles. The van der Waals surface area contributed by atoms with Crippen molar-refractivity contribution in [3.63, 3.8) is 0 Å². The van der Waals surface area contributed by atoms with Crippen molar-refractivity contribution in [1.29, 1.82) is 0 Å². The minimum atomic E-state index is -0.971. The maximum absolute atomic E-state index is 12.3. The molecule has 20 heavy (non-hydrogen) atoms. The number of amides is 1. The predicted octanol–water partition coefficient (Wildman–Crippen LogP) is 1.52. The number of fused-ring (bicyclic) bond motifs is 1. The number of nitrogens with one attached hydrogen (secondary N) is 2. The molecule has 0 aromatic heterocycles. The fraction of sp³-hybridized carbons (Fsp3) is 0.867. The van der Waals surface area contributed by atoms with E-state index in [0.29, 0.717) is 12.0 Å². The Morgan fingerprint density at radius 1 is 1.25 bits per heavy atom. The van der Waals surface area contributed by atoms with Gasteiger partial charge in [0.2, 0.25) is 5.91 Å². The molecule has 0 aromatic rings. The molecular formula is C15H26N2O3. The Hall–Kier alpha value is -1.10. The van der Waals surface area contributed by atoms with E-state index in [0.717, 1.165) is 12.8 Å². The van der Waals surface area contributed by atoms with Crippen LogP contribution in [-0.2, 0) is 9.59 Å². The van der Waals surface area contributed by atoms with Crippen molar-refractivity contribution in [3.05, 3.63) is 0 Å². The van der Waals surface area contributed by atoms with Crippen molar-refractivity contribution >= 4 is 11.9 Å². The van der Waals surface area contributed by atoms with Gasteiger partial charge in [0.1, 0.15) is 6.04 Å². The fourth-order valence-electron chi connectivity index (χ4n) is 3.41. The maximum Gasteiger partial charge on any atom is 0.326 e. The summed E-state index contributed by atoms with van der Waals surface area (Å²) in [7, 11) is 0. The predicted molar refractivity (Wildman–Crippen MR) is 76.3 cm³/mol. The number of aliphatic carboxylic acids is 1. The highest BCUT2D eigenvalue weighted by Gasteiger charge is 2.40. The van der Waals surface area contributed by atoms with E-state index in [2.05, 4.69) is 10.6 Å². The van der Waals surface area contributed by atoms with Gasteiger partial charge in [-0.2, -0.15) is 0 Å². The molecule has 1 heterocycles. The summed E-state index contributed by atoms with van der Waals surface area (Å²) < 4.78 is 0. The Labute approximate surface area is 120 Å². The van der Waals surface area contributed by atoms with E-state index < -0.39 is 17.4 Å². The Bertz CT molecular complexity index is 375. The highest BCUT2D eigenvalue weighted by atomic mass is 16.4. The lowest BCUT2D eigenvalue weighted by Crippen LogP contribution is -2.54. The third-order valence-corrected chi connectivity index (χ3v) is 4.58. The number of carboxylic acid groups (broad SMARTS) is 1. The number of hydrogen-bond acceptors (Lipinski definition) is 3. The monoisotopic (exact) mass is 282 g/mol. The number of carboxylic acids is 1. The average Bonchev–Trinajstić information content (AvgIpc) is 2.77. The van der Waals surface area contributed by atoms with Crippen LogP contribution < -0.4 is 10.6 Å². The van der Waals surface area contributed by atoms with Crippen LogP contribution in [-0.4, -0.2) is 35.1 Å². The standard InChI is InChI=1S/C15H26N2O3/c1-15(2,3)12(14(19)20)17-13(18)11-8-9-6-4-5-7-10(9)16-11/h9-12,16H,4-8H2,1-3H3,(H,17,18)(H,19,20)/t9?,10?,11?,12-/m1/s1. The molecule has 2 fully saturated rings. The van der Waals surface area contributed by atoms with Gasteiger partial charge in [-0.05, 0) is 30.6 Å². The Balaban J connectivity index is 1.96. The summed E-state index contributed by atoms with van der Waals surface area (Å²) in [6.45, 7) is 5.48.